The van der Waals surface area contributed by atoms with E-state index in [9.17, 15) is 9.90 Å². The summed E-state index contributed by atoms with van der Waals surface area (Å²) in [5.74, 6) is -0.199. The molecule has 0 amide bonds. The van der Waals surface area contributed by atoms with Crippen molar-refractivity contribution in [2.45, 2.75) is 258 Å². The van der Waals surface area contributed by atoms with Crippen LogP contribution in [0, 0.1) is 0 Å². The van der Waals surface area contributed by atoms with Gasteiger partial charge in [-0.05, 0) is 57.8 Å². The number of rotatable bonds is 47. The van der Waals surface area contributed by atoms with E-state index >= 15 is 0 Å². The normalized spacial score (nSPS) is 12.8. The quantitative estimate of drug-likeness (QED) is 0.0378. The maximum atomic E-state index is 12.3. The number of carbonyl (C=O) groups is 1. The molecular weight excluding hydrogens is 713 g/mol. The average molecular weight is 811 g/mol. The van der Waals surface area contributed by atoms with Gasteiger partial charge in [0, 0.05) is 13.0 Å². The molecule has 0 rings (SSSR count). The van der Waals surface area contributed by atoms with Crippen molar-refractivity contribution in [1.29, 1.82) is 0 Å². The van der Waals surface area contributed by atoms with Gasteiger partial charge in [0.1, 0.15) is 6.10 Å². The molecule has 4 heteroatoms. The number of hydrogen-bond acceptors (Lipinski definition) is 4. The van der Waals surface area contributed by atoms with E-state index in [0.717, 1.165) is 51.4 Å². The van der Waals surface area contributed by atoms with Crippen LogP contribution in [0.15, 0.2) is 60.8 Å². The lowest BCUT2D eigenvalue weighted by atomic mass is 10.0. The molecule has 0 radical (unpaired) electrons. The van der Waals surface area contributed by atoms with Crippen LogP contribution >= 0.6 is 0 Å². The number of carbonyl (C=O) groups excluding carboxylic acids is 1. The number of hydrogen-bond donors (Lipinski definition) is 1. The molecule has 4 nitrogen and oxygen atoms in total. The fourth-order valence-electron chi connectivity index (χ4n) is 7.36. The van der Waals surface area contributed by atoms with E-state index in [1.807, 2.05) is 0 Å². The highest BCUT2D eigenvalue weighted by Crippen LogP contribution is 2.16. The topological polar surface area (TPSA) is 55.8 Å². The van der Waals surface area contributed by atoms with Crippen molar-refractivity contribution >= 4 is 5.97 Å². The highest BCUT2D eigenvalue weighted by molar-refractivity contribution is 5.69. The minimum atomic E-state index is -0.537. The predicted molar refractivity (Wildman–Crippen MR) is 256 cm³/mol. The van der Waals surface area contributed by atoms with Gasteiger partial charge in [0.15, 0.2) is 0 Å². The standard InChI is InChI=1S/C54H98O4/c1-3-5-7-9-11-13-15-17-19-21-23-25-26-27-28-29-30-32-34-36-38-40-42-44-46-48-50-57-52-53(51-55)58-54(56)49-47-45-43-41-39-37-35-33-31-24-22-20-18-16-14-12-10-8-6-4-2/h5,7,11,13,17,19,23,25,27-28,53,55H,3-4,6,8-10,12,14-16,18,20-22,24,26,29-52H2,1-2H3/b7-5-,13-11-,19-17-,25-23-,28-27-. The number of unbranched alkanes of at least 4 members (excludes halogenated alkanes) is 29. The molecule has 0 aromatic heterocycles. The van der Waals surface area contributed by atoms with E-state index in [1.165, 1.54) is 180 Å². The van der Waals surface area contributed by atoms with Crippen LogP contribution in [0.5, 0.6) is 0 Å². The van der Waals surface area contributed by atoms with Crippen LogP contribution < -0.4 is 0 Å². The Hall–Kier alpha value is -1.91. The molecule has 0 spiro atoms. The minimum absolute atomic E-state index is 0.172. The molecule has 1 N–H and O–H groups in total. The summed E-state index contributed by atoms with van der Waals surface area (Å²) in [6.45, 7) is 5.25. The maximum absolute atomic E-state index is 12.3. The lowest BCUT2D eigenvalue weighted by Gasteiger charge is -2.16. The zero-order valence-corrected chi connectivity index (χ0v) is 38.8. The Morgan fingerprint density at radius 2 is 0.776 bits per heavy atom. The Bertz CT molecular complexity index is 947. The second-order valence-electron chi connectivity index (χ2n) is 16.9. The van der Waals surface area contributed by atoms with Crippen LogP contribution in [-0.2, 0) is 14.3 Å². The number of ether oxygens (including phenoxy) is 2. The maximum Gasteiger partial charge on any atom is 0.306 e. The molecule has 0 aliphatic carbocycles. The predicted octanol–water partition coefficient (Wildman–Crippen LogP) is 17.2. The SMILES string of the molecule is CC/C=C\C/C=C\C/C=C\C/C=C\C/C=C\CCCCCCCCCCCCOCC(CO)OC(=O)CCCCCCCCCCCCCCCCCCCCCC. The Morgan fingerprint density at radius 1 is 0.431 bits per heavy atom. The fourth-order valence-corrected chi connectivity index (χ4v) is 7.36. The zero-order valence-electron chi connectivity index (χ0n) is 38.8. The van der Waals surface area contributed by atoms with E-state index in [4.69, 9.17) is 9.47 Å². The van der Waals surface area contributed by atoms with Gasteiger partial charge in [0.05, 0.1) is 13.2 Å². The van der Waals surface area contributed by atoms with Gasteiger partial charge in [-0.2, -0.15) is 0 Å². The molecule has 0 aromatic rings. The molecule has 0 saturated carbocycles. The number of allylic oxidation sites excluding steroid dienone is 10. The fraction of sp³-hybridized carbons (Fsp3) is 0.796. The molecular formula is C54H98O4. The molecule has 0 saturated heterocycles. The van der Waals surface area contributed by atoms with E-state index in [1.54, 1.807) is 0 Å². The summed E-state index contributed by atoms with van der Waals surface area (Å²) in [4.78, 5) is 12.3. The van der Waals surface area contributed by atoms with Gasteiger partial charge in [-0.3, -0.25) is 4.79 Å². The third-order valence-corrected chi connectivity index (χ3v) is 11.1. The summed E-state index contributed by atoms with van der Waals surface area (Å²) in [7, 11) is 0. The van der Waals surface area contributed by atoms with Crippen LogP contribution in [0.1, 0.15) is 251 Å². The average Bonchev–Trinajstić information content (AvgIpc) is 3.23. The lowest BCUT2D eigenvalue weighted by Crippen LogP contribution is -2.27. The van der Waals surface area contributed by atoms with Crippen molar-refractivity contribution < 1.29 is 19.4 Å². The summed E-state index contributed by atoms with van der Waals surface area (Å²) in [6, 6.07) is 0. The van der Waals surface area contributed by atoms with Gasteiger partial charge in [-0.15, -0.1) is 0 Å². The van der Waals surface area contributed by atoms with E-state index < -0.39 is 6.10 Å². The second kappa shape index (κ2) is 51.2. The third kappa shape index (κ3) is 48.5. The van der Waals surface area contributed by atoms with Crippen molar-refractivity contribution in [3.8, 4) is 0 Å². The van der Waals surface area contributed by atoms with Crippen molar-refractivity contribution in [2.75, 3.05) is 19.8 Å². The molecule has 0 aliphatic rings. The van der Waals surface area contributed by atoms with Gasteiger partial charge >= 0.3 is 5.97 Å². The molecule has 0 aromatic carbocycles. The highest BCUT2D eigenvalue weighted by Gasteiger charge is 2.13. The van der Waals surface area contributed by atoms with Crippen molar-refractivity contribution in [1.82, 2.24) is 0 Å². The number of esters is 1. The highest BCUT2D eigenvalue weighted by atomic mass is 16.6. The Morgan fingerprint density at radius 3 is 1.17 bits per heavy atom. The molecule has 0 heterocycles. The van der Waals surface area contributed by atoms with Gasteiger partial charge in [0.25, 0.3) is 0 Å². The Labute approximate surface area is 362 Å². The summed E-state index contributed by atoms with van der Waals surface area (Å²) in [6.07, 6.45) is 68.8. The minimum Gasteiger partial charge on any atom is -0.457 e. The van der Waals surface area contributed by atoms with Crippen LogP contribution in [0.3, 0.4) is 0 Å². The third-order valence-electron chi connectivity index (χ3n) is 11.1. The molecule has 0 bridgehead atoms. The zero-order chi connectivity index (χ0) is 41.9. The van der Waals surface area contributed by atoms with Crippen molar-refractivity contribution in [3.05, 3.63) is 60.8 Å². The second-order valence-corrected chi connectivity index (χ2v) is 16.9. The van der Waals surface area contributed by atoms with Crippen LogP contribution in [0.2, 0.25) is 0 Å². The van der Waals surface area contributed by atoms with E-state index in [0.29, 0.717) is 19.6 Å². The molecule has 1 unspecified atom stereocenters. The first kappa shape index (κ1) is 56.1. The van der Waals surface area contributed by atoms with Gasteiger partial charge in [0.2, 0.25) is 0 Å². The number of aliphatic hydroxyl groups excluding tert-OH is 1. The largest absolute Gasteiger partial charge is 0.457 e. The van der Waals surface area contributed by atoms with Gasteiger partial charge in [-0.25, -0.2) is 0 Å². The molecule has 58 heavy (non-hydrogen) atoms. The summed E-state index contributed by atoms with van der Waals surface area (Å²) >= 11 is 0. The molecule has 0 fully saturated rings. The first-order chi connectivity index (χ1) is 28.7. The summed E-state index contributed by atoms with van der Waals surface area (Å²) in [5.41, 5.74) is 0. The summed E-state index contributed by atoms with van der Waals surface area (Å²) < 4.78 is 11.2. The van der Waals surface area contributed by atoms with Crippen molar-refractivity contribution in [3.63, 3.8) is 0 Å². The first-order valence-electron chi connectivity index (χ1n) is 25.4. The van der Waals surface area contributed by atoms with E-state index in [2.05, 4.69) is 74.6 Å². The van der Waals surface area contributed by atoms with Crippen LogP contribution in [0.25, 0.3) is 0 Å². The Kier molecular flexibility index (Phi) is 49.5. The van der Waals surface area contributed by atoms with Crippen LogP contribution in [-0.4, -0.2) is 37.0 Å². The molecule has 338 valence electrons. The van der Waals surface area contributed by atoms with Crippen LogP contribution in [0.4, 0.5) is 0 Å². The van der Waals surface area contributed by atoms with Gasteiger partial charge < -0.3 is 14.6 Å². The van der Waals surface area contributed by atoms with Gasteiger partial charge in [-0.1, -0.05) is 248 Å². The molecule has 0 aliphatic heterocycles. The monoisotopic (exact) mass is 811 g/mol. The smallest absolute Gasteiger partial charge is 0.306 e. The first-order valence-corrected chi connectivity index (χ1v) is 25.4. The number of aliphatic hydroxyl groups is 1. The summed E-state index contributed by atoms with van der Waals surface area (Å²) in [5, 5.41) is 9.65. The Balaban J connectivity index is 3.41. The lowest BCUT2D eigenvalue weighted by molar-refractivity contribution is -0.154. The van der Waals surface area contributed by atoms with Crippen molar-refractivity contribution in [2.24, 2.45) is 0 Å². The van der Waals surface area contributed by atoms with E-state index in [-0.39, 0.29) is 12.6 Å². The molecule has 1 atom stereocenters.